The van der Waals surface area contributed by atoms with E-state index in [0.29, 0.717) is 35.1 Å². The van der Waals surface area contributed by atoms with Crippen molar-refractivity contribution in [3.05, 3.63) is 69.9 Å². The molecule has 1 saturated heterocycles. The Bertz CT molecular complexity index is 1040. The standard InChI is InChI=1S/C24H26ClN3O2/c1-4-26-11-13-27(14-12-26)22-21(18-10-9-16(2)17(3)15-18)23(29)28(24(22)30)20-8-6-5-7-19(20)25/h5-10,15H,4,11-14H2,1-3H3. The van der Waals surface area contributed by atoms with Gasteiger partial charge >= 0.3 is 0 Å². The Kier molecular flexibility index (Phi) is 5.67. The minimum absolute atomic E-state index is 0.300. The molecule has 0 atom stereocenters. The molecule has 0 radical (unpaired) electrons. The molecule has 2 aliphatic heterocycles. The first kappa shape index (κ1) is 20.6. The summed E-state index contributed by atoms with van der Waals surface area (Å²) in [7, 11) is 0. The molecule has 30 heavy (non-hydrogen) atoms. The highest BCUT2D eigenvalue weighted by atomic mass is 35.5. The van der Waals surface area contributed by atoms with Crippen LogP contribution in [0.2, 0.25) is 5.02 Å². The van der Waals surface area contributed by atoms with Gasteiger partial charge in [-0.1, -0.05) is 48.9 Å². The van der Waals surface area contributed by atoms with Crippen LogP contribution in [0.25, 0.3) is 5.57 Å². The Hall–Kier alpha value is -2.63. The zero-order chi connectivity index (χ0) is 21.4. The number of carbonyl (C=O) groups is 2. The van der Waals surface area contributed by atoms with Crippen molar-refractivity contribution in [2.75, 3.05) is 37.6 Å². The second-order valence-electron chi connectivity index (χ2n) is 7.84. The molecule has 0 unspecified atom stereocenters. The highest BCUT2D eigenvalue weighted by Gasteiger charge is 2.43. The van der Waals surface area contributed by atoms with Gasteiger partial charge in [-0.05, 0) is 49.2 Å². The molecule has 1 fully saturated rings. The summed E-state index contributed by atoms with van der Waals surface area (Å²) in [4.78, 5) is 32.8. The molecule has 2 heterocycles. The molecule has 2 aromatic rings. The Morgan fingerprint density at radius 3 is 2.23 bits per heavy atom. The van der Waals surface area contributed by atoms with E-state index in [2.05, 4.69) is 16.7 Å². The molecular formula is C24H26ClN3O2. The van der Waals surface area contributed by atoms with Gasteiger partial charge in [0.2, 0.25) is 0 Å². The number of anilines is 1. The quantitative estimate of drug-likeness (QED) is 0.700. The SMILES string of the molecule is CCN1CCN(C2=C(c3ccc(C)c(C)c3)C(=O)N(c3ccccc3Cl)C2=O)CC1. The number of amides is 2. The number of piperazine rings is 1. The van der Waals surface area contributed by atoms with Crippen LogP contribution in [0, 0.1) is 13.8 Å². The van der Waals surface area contributed by atoms with Crippen molar-refractivity contribution in [1.29, 1.82) is 0 Å². The van der Waals surface area contributed by atoms with Crippen LogP contribution >= 0.6 is 11.6 Å². The van der Waals surface area contributed by atoms with Gasteiger partial charge in [-0.25, -0.2) is 4.90 Å². The number of benzene rings is 2. The maximum atomic E-state index is 13.6. The van der Waals surface area contributed by atoms with Crippen molar-refractivity contribution < 1.29 is 9.59 Å². The number of halogens is 1. The fourth-order valence-corrected chi connectivity index (χ4v) is 4.33. The molecule has 0 bridgehead atoms. The monoisotopic (exact) mass is 423 g/mol. The van der Waals surface area contributed by atoms with Crippen molar-refractivity contribution in [3.63, 3.8) is 0 Å². The van der Waals surface area contributed by atoms with E-state index in [1.54, 1.807) is 24.3 Å². The first-order valence-corrected chi connectivity index (χ1v) is 10.7. The van der Waals surface area contributed by atoms with Gasteiger partial charge in [-0.2, -0.15) is 0 Å². The highest BCUT2D eigenvalue weighted by Crippen LogP contribution is 2.38. The molecule has 0 N–H and O–H groups in total. The third-order valence-corrected chi connectivity index (χ3v) is 6.40. The van der Waals surface area contributed by atoms with Gasteiger partial charge < -0.3 is 9.80 Å². The molecule has 0 aromatic heterocycles. The molecule has 156 valence electrons. The number of likely N-dealkylation sites (N-methyl/N-ethyl adjacent to an activating group) is 1. The lowest BCUT2D eigenvalue weighted by Gasteiger charge is -2.36. The summed E-state index contributed by atoms with van der Waals surface area (Å²) in [6.45, 7) is 10.3. The highest BCUT2D eigenvalue weighted by molar-refractivity contribution is 6.47. The predicted octanol–water partition coefficient (Wildman–Crippen LogP) is 3.88. The number of rotatable bonds is 4. The number of carbonyl (C=O) groups excluding carboxylic acids is 2. The minimum atomic E-state index is -0.315. The van der Waals surface area contributed by atoms with E-state index in [0.717, 1.165) is 36.3 Å². The maximum Gasteiger partial charge on any atom is 0.282 e. The summed E-state index contributed by atoms with van der Waals surface area (Å²) < 4.78 is 0. The summed E-state index contributed by atoms with van der Waals surface area (Å²) in [6, 6.07) is 12.9. The van der Waals surface area contributed by atoms with Gasteiger partial charge in [0.25, 0.3) is 11.8 Å². The number of hydrogen-bond donors (Lipinski definition) is 0. The first-order chi connectivity index (χ1) is 14.4. The summed E-state index contributed by atoms with van der Waals surface area (Å²) >= 11 is 6.36. The molecule has 0 aliphatic carbocycles. The lowest BCUT2D eigenvalue weighted by molar-refractivity contribution is -0.120. The van der Waals surface area contributed by atoms with E-state index in [1.165, 1.54) is 4.90 Å². The number of nitrogens with zero attached hydrogens (tertiary/aromatic N) is 3. The van der Waals surface area contributed by atoms with Crippen LogP contribution in [0.1, 0.15) is 23.6 Å². The predicted molar refractivity (Wildman–Crippen MR) is 120 cm³/mol. The first-order valence-electron chi connectivity index (χ1n) is 10.3. The molecule has 4 rings (SSSR count). The fraction of sp³-hybridized carbons (Fsp3) is 0.333. The van der Waals surface area contributed by atoms with Crippen LogP contribution in [0.5, 0.6) is 0 Å². The van der Waals surface area contributed by atoms with Crippen molar-refractivity contribution in [3.8, 4) is 0 Å². The van der Waals surface area contributed by atoms with Gasteiger partial charge in [0.05, 0.1) is 16.3 Å². The zero-order valence-electron chi connectivity index (χ0n) is 17.6. The Morgan fingerprint density at radius 1 is 0.900 bits per heavy atom. The van der Waals surface area contributed by atoms with Crippen molar-refractivity contribution >= 4 is 34.7 Å². The van der Waals surface area contributed by atoms with Crippen molar-refractivity contribution in [2.45, 2.75) is 20.8 Å². The average Bonchev–Trinajstić information content (AvgIpc) is 3.01. The topological polar surface area (TPSA) is 43.9 Å². The van der Waals surface area contributed by atoms with Gasteiger partial charge in [-0.3, -0.25) is 9.59 Å². The number of para-hydroxylation sites is 1. The summed E-state index contributed by atoms with van der Waals surface area (Å²) in [5, 5.41) is 0.385. The van der Waals surface area contributed by atoms with E-state index in [1.807, 2.05) is 32.0 Å². The Balaban J connectivity index is 1.82. The van der Waals surface area contributed by atoms with Crippen LogP contribution in [0.15, 0.2) is 48.2 Å². The lowest BCUT2D eigenvalue weighted by Crippen LogP contribution is -2.47. The second kappa shape index (κ2) is 8.25. The van der Waals surface area contributed by atoms with E-state index < -0.39 is 0 Å². The molecule has 5 nitrogen and oxygen atoms in total. The molecule has 2 aliphatic rings. The van der Waals surface area contributed by atoms with E-state index in [4.69, 9.17) is 11.6 Å². The molecule has 2 amide bonds. The fourth-order valence-electron chi connectivity index (χ4n) is 4.11. The largest absolute Gasteiger partial charge is 0.364 e. The normalized spacial score (nSPS) is 18.0. The van der Waals surface area contributed by atoms with Crippen LogP contribution in [-0.2, 0) is 9.59 Å². The van der Waals surface area contributed by atoms with Gasteiger partial charge in [-0.15, -0.1) is 0 Å². The maximum absolute atomic E-state index is 13.6. The molecule has 0 saturated carbocycles. The third-order valence-electron chi connectivity index (χ3n) is 6.08. The van der Waals surface area contributed by atoms with Crippen LogP contribution < -0.4 is 4.90 Å². The zero-order valence-corrected chi connectivity index (χ0v) is 18.4. The summed E-state index contributed by atoms with van der Waals surface area (Å²) in [5.74, 6) is -0.615. The van der Waals surface area contributed by atoms with Crippen molar-refractivity contribution in [2.24, 2.45) is 0 Å². The second-order valence-corrected chi connectivity index (χ2v) is 8.25. The van der Waals surface area contributed by atoms with E-state index in [-0.39, 0.29) is 11.8 Å². The number of hydrogen-bond acceptors (Lipinski definition) is 4. The smallest absolute Gasteiger partial charge is 0.282 e. The summed E-state index contributed by atoms with van der Waals surface area (Å²) in [6.07, 6.45) is 0. The average molecular weight is 424 g/mol. The molecule has 0 spiro atoms. The Labute approximate surface area is 182 Å². The van der Waals surface area contributed by atoms with Crippen LogP contribution in [-0.4, -0.2) is 54.3 Å². The number of imide groups is 1. The van der Waals surface area contributed by atoms with Gasteiger partial charge in [0, 0.05) is 26.2 Å². The van der Waals surface area contributed by atoms with Gasteiger partial charge in [0.1, 0.15) is 5.70 Å². The van der Waals surface area contributed by atoms with Gasteiger partial charge in [0.15, 0.2) is 0 Å². The third kappa shape index (κ3) is 3.53. The van der Waals surface area contributed by atoms with Crippen LogP contribution in [0.3, 0.4) is 0 Å². The van der Waals surface area contributed by atoms with Crippen molar-refractivity contribution in [1.82, 2.24) is 9.80 Å². The number of aryl methyl sites for hydroxylation is 2. The van der Waals surface area contributed by atoms with E-state index in [9.17, 15) is 9.59 Å². The molecular weight excluding hydrogens is 398 g/mol. The molecule has 6 heteroatoms. The Morgan fingerprint density at radius 2 is 1.60 bits per heavy atom. The molecule has 2 aromatic carbocycles. The van der Waals surface area contributed by atoms with Crippen LogP contribution in [0.4, 0.5) is 5.69 Å². The lowest BCUT2D eigenvalue weighted by atomic mass is 9.99. The minimum Gasteiger partial charge on any atom is -0.364 e. The summed E-state index contributed by atoms with van der Waals surface area (Å²) in [5.41, 5.74) is 4.40. The van der Waals surface area contributed by atoms with E-state index >= 15 is 0 Å².